The minimum absolute atomic E-state index is 0. The van der Waals surface area contributed by atoms with E-state index in [-0.39, 0.29) is 74.7 Å². The maximum atomic E-state index is 5.18. The van der Waals surface area contributed by atoms with Gasteiger partial charge in [-0.2, -0.15) is 0 Å². The van der Waals surface area contributed by atoms with Gasteiger partial charge in [0.05, 0.1) is 20.6 Å². The van der Waals surface area contributed by atoms with Gasteiger partial charge < -0.3 is 49.4 Å². The zero-order chi connectivity index (χ0) is 30.0. The summed E-state index contributed by atoms with van der Waals surface area (Å²) in [6, 6.07) is 0. The van der Waals surface area contributed by atoms with E-state index >= 15 is 0 Å². The summed E-state index contributed by atoms with van der Waals surface area (Å²) in [6.07, 6.45) is 0. The largest absolute Gasteiger partial charge is 2.00 e. The fraction of sp³-hybridized carbons (Fsp3) is 0.848. The molecule has 3 nitrogen and oxygen atoms in total. The Labute approximate surface area is 297 Å². The predicted octanol–water partition coefficient (Wildman–Crippen LogP) is 11.2. The molecule has 0 aliphatic rings. The summed E-state index contributed by atoms with van der Waals surface area (Å²) in [5.74, 6) is 0. The van der Waals surface area contributed by atoms with Crippen molar-refractivity contribution in [2.75, 3.05) is 19.8 Å². The van der Waals surface area contributed by atoms with Crippen LogP contribution < -0.4 is 0 Å². The van der Waals surface area contributed by atoms with Gasteiger partial charge in [0.25, 0.3) is 0 Å². The molecule has 0 aromatic heterocycles. The zero-order valence-electron chi connectivity index (χ0n) is 31.9. The number of hydrogen-bond donors (Lipinski definition) is 0. The number of hydrogen-bond acceptors (Lipinski definition) is 3. The van der Waals surface area contributed by atoms with Crippen molar-refractivity contribution in [1.29, 1.82) is 0 Å². The SMILES string of the molecule is CCO[Si](OCC)OCC.[CH2-]C(C)(C)[PH+](C(C)(C)C)C(C)(C)C.[CH2-]C(C)(C)[PH+](C(C)(C)C)C(C)(C)C.[CH3-].[CH3-].[CH3-].[Pt+2].[Pt]. The average molecular weight is 1000 g/mol. The third-order valence-corrected chi connectivity index (χ3v) is 15.4. The standard InChI is InChI=1S/2C12H26P.C6H15O3Si.3CH3.2Pt/c2*1-10(2,3)13(11(4,5)6)12(7,8)9;1-4-7-10(8-5-2)9-6-3;;;;;/h2*1H2,2-9H3;4-6H2,1-3H3;3*1H3;;/q2*-1;;3*-1;;+2/p+2. The summed E-state index contributed by atoms with van der Waals surface area (Å²) in [5.41, 5.74) is 0. The van der Waals surface area contributed by atoms with Crippen LogP contribution in [0.5, 0.6) is 0 Å². The van der Waals surface area contributed by atoms with E-state index in [1.165, 1.54) is 0 Å². The molecule has 0 aliphatic carbocycles. The van der Waals surface area contributed by atoms with Gasteiger partial charge >= 0.3 is 30.6 Å². The molecule has 1 radical (unpaired) electrons. The van der Waals surface area contributed by atoms with Crippen molar-refractivity contribution in [3.8, 4) is 0 Å². The Bertz CT molecular complexity index is 443. The third kappa shape index (κ3) is 30.7. The van der Waals surface area contributed by atoms with Gasteiger partial charge in [0, 0.05) is 40.9 Å². The fourth-order valence-corrected chi connectivity index (χ4v) is 20.4. The first-order valence-electron chi connectivity index (χ1n) is 13.8. The van der Waals surface area contributed by atoms with Crippen LogP contribution in [0, 0.1) is 36.1 Å². The summed E-state index contributed by atoms with van der Waals surface area (Å²) >= 11 is 0. The summed E-state index contributed by atoms with van der Waals surface area (Å²) in [4.78, 5) is 0. The molecule has 0 rings (SSSR count). The monoisotopic (exact) mass is 1000 g/mol. The van der Waals surface area contributed by atoms with Crippen molar-refractivity contribution < 1.29 is 55.4 Å². The van der Waals surface area contributed by atoms with E-state index in [0.717, 1.165) is 0 Å². The van der Waals surface area contributed by atoms with Crippen LogP contribution >= 0.6 is 15.8 Å². The Morgan fingerprint density at radius 2 is 0.610 bits per heavy atom. The van der Waals surface area contributed by atoms with Crippen LogP contribution in [0.1, 0.15) is 132 Å². The molecule has 0 aromatic rings. The van der Waals surface area contributed by atoms with Crippen molar-refractivity contribution in [3.63, 3.8) is 0 Å². The van der Waals surface area contributed by atoms with Gasteiger partial charge in [0.1, 0.15) is 0 Å². The Hall–Kier alpha value is 2.33. The van der Waals surface area contributed by atoms with E-state index in [0.29, 0.717) is 40.4 Å². The topological polar surface area (TPSA) is 27.7 Å². The maximum Gasteiger partial charge on any atom is 2.00 e. The molecule has 0 aromatic carbocycles. The summed E-state index contributed by atoms with van der Waals surface area (Å²) < 4.78 is 15.5. The molecule has 0 bridgehead atoms. The zero-order valence-corrected chi connectivity index (χ0v) is 39.4. The van der Waals surface area contributed by atoms with Gasteiger partial charge in [-0.25, -0.2) is 0 Å². The van der Waals surface area contributed by atoms with Gasteiger partial charge in [-0.3, -0.25) is 0 Å². The Morgan fingerprint density at radius 3 is 0.659 bits per heavy atom. The molecule has 0 unspecified atom stereocenters. The molecule has 41 heavy (non-hydrogen) atoms. The van der Waals surface area contributed by atoms with Crippen molar-refractivity contribution in [2.24, 2.45) is 0 Å². The average Bonchev–Trinajstić information content (AvgIpc) is 2.47. The summed E-state index contributed by atoms with van der Waals surface area (Å²) in [6.45, 7) is 54.0. The summed E-state index contributed by atoms with van der Waals surface area (Å²) in [5, 5.41) is 2.17. The second-order valence-electron chi connectivity index (χ2n) is 15.1. The van der Waals surface area contributed by atoms with Crippen molar-refractivity contribution in [3.05, 3.63) is 36.1 Å². The van der Waals surface area contributed by atoms with Crippen molar-refractivity contribution >= 4 is 25.4 Å². The van der Waals surface area contributed by atoms with E-state index in [1.807, 2.05) is 20.8 Å². The molecule has 0 N–H and O–H groups in total. The molecule has 0 fully saturated rings. The molecule has 0 aliphatic heterocycles. The summed E-state index contributed by atoms with van der Waals surface area (Å²) in [7, 11) is -2.40. The molecule has 0 atom stereocenters. The van der Waals surface area contributed by atoms with E-state index in [9.17, 15) is 0 Å². The molecule has 263 valence electrons. The molecule has 0 amide bonds. The molecule has 0 saturated carbocycles. The number of rotatable bonds is 8. The van der Waals surface area contributed by atoms with Crippen LogP contribution in [0.25, 0.3) is 0 Å². The quantitative estimate of drug-likeness (QED) is 0.138. The van der Waals surface area contributed by atoms with Gasteiger partial charge in [0.15, 0.2) is 0 Å². The van der Waals surface area contributed by atoms with E-state index in [4.69, 9.17) is 13.3 Å². The smallest absolute Gasteiger partial charge is 0.371 e. The van der Waals surface area contributed by atoms with Crippen molar-refractivity contribution in [1.82, 2.24) is 0 Å². The molecule has 8 heteroatoms. The Kier molecular flexibility index (Phi) is 38.6. The molecular weight excluding hydrogens is 925 g/mol. The van der Waals surface area contributed by atoms with Crippen LogP contribution in [0.4, 0.5) is 0 Å². The van der Waals surface area contributed by atoms with E-state index < -0.39 is 25.4 Å². The first kappa shape index (κ1) is 62.2. The van der Waals surface area contributed by atoms with Crippen LogP contribution in [-0.2, 0) is 55.4 Å². The first-order valence-corrected chi connectivity index (χ1v) is 18.0. The second kappa shape index (κ2) is 25.4. The fourth-order valence-electron chi connectivity index (χ4n) is 6.79. The van der Waals surface area contributed by atoms with Crippen LogP contribution in [-0.4, -0.2) is 60.3 Å². The minimum Gasteiger partial charge on any atom is -0.371 e. The van der Waals surface area contributed by atoms with Gasteiger partial charge in [-0.1, -0.05) is 27.7 Å². The van der Waals surface area contributed by atoms with Gasteiger partial charge in [-0.15, -0.1) is 0 Å². The van der Waals surface area contributed by atoms with Gasteiger partial charge in [-0.05, 0) is 130 Å². The Morgan fingerprint density at radius 1 is 0.463 bits per heavy atom. The van der Waals surface area contributed by atoms with Crippen LogP contribution in [0.3, 0.4) is 0 Å². The van der Waals surface area contributed by atoms with E-state index in [2.05, 4.69) is 125 Å². The molecule has 0 heterocycles. The van der Waals surface area contributed by atoms with Gasteiger partial charge in [0.2, 0.25) is 0 Å². The van der Waals surface area contributed by atoms with Crippen molar-refractivity contribution in [2.45, 2.75) is 162 Å². The second-order valence-corrected chi connectivity index (χ2v) is 26.6. The molecule has 0 spiro atoms. The Balaban J connectivity index is -0.0000000631. The van der Waals surface area contributed by atoms with Crippen LogP contribution in [0.15, 0.2) is 0 Å². The predicted molar refractivity (Wildman–Crippen MR) is 194 cm³/mol. The molecule has 0 saturated heterocycles. The minimum atomic E-state index is -1.40. The third-order valence-electron chi connectivity index (χ3n) is 5.14. The molecular formula is C33H78O3P2Pt2Si-. The maximum absolute atomic E-state index is 5.18. The van der Waals surface area contributed by atoms with Crippen LogP contribution in [0.2, 0.25) is 0 Å². The van der Waals surface area contributed by atoms with E-state index in [1.54, 1.807) is 0 Å². The first-order chi connectivity index (χ1) is 15.6. The normalized spacial score (nSPS) is 12.3.